The van der Waals surface area contributed by atoms with Crippen molar-refractivity contribution in [2.24, 2.45) is 0 Å². The van der Waals surface area contributed by atoms with Crippen LogP contribution in [-0.2, 0) is 0 Å². The van der Waals surface area contributed by atoms with Gasteiger partial charge in [0, 0.05) is 6.04 Å². The van der Waals surface area contributed by atoms with Crippen molar-refractivity contribution in [1.29, 1.82) is 0 Å². The normalized spacial score (nSPS) is 24.8. The van der Waals surface area contributed by atoms with E-state index in [4.69, 9.17) is 0 Å². The topological polar surface area (TPSA) is 24.1 Å². The highest BCUT2D eigenvalue weighted by molar-refractivity contribution is 4.79. The van der Waals surface area contributed by atoms with Crippen LogP contribution in [-0.4, -0.2) is 25.7 Å². The van der Waals surface area contributed by atoms with Gasteiger partial charge in [-0.3, -0.25) is 0 Å². The second-order valence-corrected chi connectivity index (χ2v) is 3.69. The molecule has 1 heterocycles. The van der Waals surface area contributed by atoms with E-state index >= 15 is 0 Å². The predicted molar refractivity (Wildman–Crippen MR) is 57.9 cm³/mol. The SMILES string of the molecule is C/C=C/CCNC1CCCNCC1. The predicted octanol–water partition coefficient (Wildman–Crippen LogP) is 1.68. The Hall–Kier alpha value is -0.340. The molecule has 1 aliphatic heterocycles. The first-order chi connectivity index (χ1) is 6.43. The molecule has 76 valence electrons. The van der Waals surface area contributed by atoms with Crippen molar-refractivity contribution in [2.75, 3.05) is 19.6 Å². The van der Waals surface area contributed by atoms with Gasteiger partial charge in [-0.2, -0.15) is 0 Å². The van der Waals surface area contributed by atoms with Crippen molar-refractivity contribution in [3.05, 3.63) is 12.2 Å². The lowest BCUT2D eigenvalue weighted by molar-refractivity contribution is 0.474. The molecular formula is C11H22N2. The molecule has 1 atom stereocenters. The lowest BCUT2D eigenvalue weighted by Crippen LogP contribution is -2.30. The summed E-state index contributed by atoms with van der Waals surface area (Å²) in [5.41, 5.74) is 0. The fourth-order valence-corrected chi connectivity index (χ4v) is 1.76. The summed E-state index contributed by atoms with van der Waals surface area (Å²) >= 11 is 0. The Bertz CT molecular complexity index is 135. The maximum atomic E-state index is 3.61. The van der Waals surface area contributed by atoms with E-state index in [0.29, 0.717) is 0 Å². The minimum absolute atomic E-state index is 0.750. The molecule has 1 aliphatic rings. The van der Waals surface area contributed by atoms with E-state index in [-0.39, 0.29) is 0 Å². The Morgan fingerprint density at radius 2 is 2.31 bits per heavy atom. The maximum absolute atomic E-state index is 3.61. The fraction of sp³-hybridized carbons (Fsp3) is 0.818. The van der Waals surface area contributed by atoms with Crippen LogP contribution >= 0.6 is 0 Å². The van der Waals surface area contributed by atoms with Crippen LogP contribution in [0.4, 0.5) is 0 Å². The second kappa shape index (κ2) is 7.10. The monoisotopic (exact) mass is 182 g/mol. The molecule has 0 radical (unpaired) electrons. The van der Waals surface area contributed by atoms with Crippen LogP contribution in [0.15, 0.2) is 12.2 Å². The highest BCUT2D eigenvalue weighted by Gasteiger charge is 2.09. The van der Waals surface area contributed by atoms with E-state index in [9.17, 15) is 0 Å². The zero-order chi connectivity index (χ0) is 9.36. The molecule has 2 N–H and O–H groups in total. The minimum atomic E-state index is 0.750. The quantitative estimate of drug-likeness (QED) is 0.510. The third kappa shape index (κ3) is 5.06. The first kappa shape index (κ1) is 10.7. The standard InChI is InChI=1S/C11H22N2/c1-2-3-4-9-13-11-6-5-8-12-10-7-11/h2-3,11-13H,4-10H2,1H3/b3-2+. The molecule has 2 nitrogen and oxygen atoms in total. The van der Waals surface area contributed by atoms with Crippen molar-refractivity contribution in [1.82, 2.24) is 10.6 Å². The summed E-state index contributed by atoms with van der Waals surface area (Å²) < 4.78 is 0. The molecule has 0 aromatic heterocycles. The number of allylic oxidation sites excluding steroid dienone is 1. The van der Waals surface area contributed by atoms with Crippen LogP contribution < -0.4 is 10.6 Å². The molecule has 1 unspecified atom stereocenters. The number of hydrogen-bond acceptors (Lipinski definition) is 2. The largest absolute Gasteiger partial charge is 0.317 e. The summed E-state index contributed by atoms with van der Waals surface area (Å²) in [7, 11) is 0. The Morgan fingerprint density at radius 1 is 1.38 bits per heavy atom. The van der Waals surface area contributed by atoms with E-state index < -0.39 is 0 Å². The minimum Gasteiger partial charge on any atom is -0.317 e. The third-order valence-corrected chi connectivity index (χ3v) is 2.56. The average Bonchev–Trinajstić information content (AvgIpc) is 2.41. The molecule has 0 aromatic rings. The van der Waals surface area contributed by atoms with Crippen LogP contribution in [0.3, 0.4) is 0 Å². The van der Waals surface area contributed by atoms with Gasteiger partial charge in [0.05, 0.1) is 0 Å². The summed E-state index contributed by atoms with van der Waals surface area (Å²) in [6, 6.07) is 0.750. The van der Waals surface area contributed by atoms with Gasteiger partial charge in [0.2, 0.25) is 0 Å². The summed E-state index contributed by atoms with van der Waals surface area (Å²) in [6.45, 7) is 5.60. The number of rotatable bonds is 4. The fourth-order valence-electron chi connectivity index (χ4n) is 1.76. The Morgan fingerprint density at radius 3 is 3.15 bits per heavy atom. The highest BCUT2D eigenvalue weighted by Crippen LogP contribution is 2.04. The van der Waals surface area contributed by atoms with Crippen LogP contribution in [0.25, 0.3) is 0 Å². The van der Waals surface area contributed by atoms with Crippen molar-refractivity contribution >= 4 is 0 Å². The second-order valence-electron chi connectivity index (χ2n) is 3.69. The van der Waals surface area contributed by atoms with Gasteiger partial charge in [-0.25, -0.2) is 0 Å². The summed E-state index contributed by atoms with van der Waals surface area (Å²) in [5, 5.41) is 7.03. The first-order valence-corrected chi connectivity index (χ1v) is 5.48. The van der Waals surface area contributed by atoms with Gasteiger partial charge in [0.15, 0.2) is 0 Å². The van der Waals surface area contributed by atoms with Gasteiger partial charge >= 0.3 is 0 Å². The van der Waals surface area contributed by atoms with E-state index in [1.165, 1.54) is 38.8 Å². The van der Waals surface area contributed by atoms with Gasteiger partial charge in [-0.1, -0.05) is 12.2 Å². The molecule has 0 saturated carbocycles. The smallest absolute Gasteiger partial charge is 0.00797 e. The number of hydrogen-bond donors (Lipinski definition) is 2. The molecule has 2 heteroatoms. The van der Waals surface area contributed by atoms with E-state index in [2.05, 4.69) is 29.7 Å². The Kier molecular flexibility index (Phi) is 5.87. The molecule has 0 aromatic carbocycles. The van der Waals surface area contributed by atoms with Crippen molar-refractivity contribution < 1.29 is 0 Å². The zero-order valence-corrected chi connectivity index (χ0v) is 8.68. The Labute approximate surface area is 81.8 Å². The molecule has 1 fully saturated rings. The summed E-state index contributed by atoms with van der Waals surface area (Å²) in [5.74, 6) is 0. The van der Waals surface area contributed by atoms with Crippen molar-refractivity contribution in [3.8, 4) is 0 Å². The average molecular weight is 182 g/mol. The molecular weight excluding hydrogens is 160 g/mol. The summed E-state index contributed by atoms with van der Waals surface area (Å²) in [6.07, 6.45) is 9.46. The van der Waals surface area contributed by atoms with Gasteiger partial charge in [0.25, 0.3) is 0 Å². The third-order valence-electron chi connectivity index (χ3n) is 2.56. The lowest BCUT2D eigenvalue weighted by atomic mass is 10.1. The molecule has 0 spiro atoms. The first-order valence-electron chi connectivity index (χ1n) is 5.48. The van der Waals surface area contributed by atoms with Crippen LogP contribution in [0.1, 0.15) is 32.6 Å². The molecule has 0 bridgehead atoms. The summed E-state index contributed by atoms with van der Waals surface area (Å²) in [4.78, 5) is 0. The van der Waals surface area contributed by atoms with Crippen LogP contribution in [0, 0.1) is 0 Å². The Balaban J connectivity index is 2.04. The molecule has 13 heavy (non-hydrogen) atoms. The van der Waals surface area contributed by atoms with Crippen LogP contribution in [0.5, 0.6) is 0 Å². The van der Waals surface area contributed by atoms with E-state index in [1.54, 1.807) is 0 Å². The highest BCUT2D eigenvalue weighted by atomic mass is 14.9. The van der Waals surface area contributed by atoms with Crippen molar-refractivity contribution in [3.63, 3.8) is 0 Å². The van der Waals surface area contributed by atoms with Crippen LogP contribution in [0.2, 0.25) is 0 Å². The van der Waals surface area contributed by atoms with E-state index in [1.807, 2.05) is 0 Å². The maximum Gasteiger partial charge on any atom is 0.00797 e. The van der Waals surface area contributed by atoms with E-state index in [0.717, 1.165) is 12.6 Å². The number of nitrogens with one attached hydrogen (secondary N) is 2. The van der Waals surface area contributed by atoms with Gasteiger partial charge < -0.3 is 10.6 Å². The van der Waals surface area contributed by atoms with Gasteiger partial charge in [0.1, 0.15) is 0 Å². The molecule has 1 saturated heterocycles. The molecule has 1 rings (SSSR count). The van der Waals surface area contributed by atoms with Gasteiger partial charge in [-0.05, 0) is 52.2 Å². The molecule has 0 aliphatic carbocycles. The lowest BCUT2D eigenvalue weighted by Gasteiger charge is -2.14. The van der Waals surface area contributed by atoms with Crippen molar-refractivity contribution in [2.45, 2.75) is 38.6 Å². The molecule has 0 amide bonds. The van der Waals surface area contributed by atoms with Gasteiger partial charge in [-0.15, -0.1) is 0 Å². The zero-order valence-electron chi connectivity index (χ0n) is 8.68.